The van der Waals surface area contributed by atoms with E-state index in [2.05, 4.69) is 15.3 Å². The van der Waals surface area contributed by atoms with Gasteiger partial charge in [-0.1, -0.05) is 18.2 Å². The van der Waals surface area contributed by atoms with Crippen molar-refractivity contribution in [2.24, 2.45) is 0 Å². The van der Waals surface area contributed by atoms with Gasteiger partial charge in [0.15, 0.2) is 0 Å². The van der Waals surface area contributed by atoms with E-state index in [1.165, 1.54) is 12.1 Å². The third-order valence-electron chi connectivity index (χ3n) is 3.60. The number of hydrogen-bond acceptors (Lipinski definition) is 4. The highest BCUT2D eigenvalue weighted by Crippen LogP contribution is 2.17. The molecule has 1 heterocycles. The van der Waals surface area contributed by atoms with Crippen LogP contribution in [-0.4, -0.2) is 20.8 Å². The molecule has 0 radical (unpaired) electrons. The molecule has 0 fully saturated rings. The van der Waals surface area contributed by atoms with Gasteiger partial charge in [-0.25, -0.2) is 4.98 Å². The molecule has 7 heteroatoms. The zero-order valence-corrected chi connectivity index (χ0v) is 12.9. The Kier molecular flexibility index (Phi) is 4.51. The van der Waals surface area contributed by atoms with Crippen molar-refractivity contribution in [3.8, 4) is 0 Å². The summed E-state index contributed by atoms with van der Waals surface area (Å²) in [5, 5.41) is 13.4. The number of nitrogens with zero attached hydrogens (tertiary/aromatic N) is 2. The number of aromatic amines is 1. The van der Waals surface area contributed by atoms with Crippen LogP contribution in [0.5, 0.6) is 0 Å². The fourth-order valence-electron chi connectivity index (χ4n) is 2.46. The molecule has 7 nitrogen and oxygen atoms in total. The molecule has 3 aromatic rings. The van der Waals surface area contributed by atoms with Crippen LogP contribution < -0.4 is 5.32 Å². The van der Waals surface area contributed by atoms with Crippen LogP contribution >= 0.6 is 0 Å². The number of fused-ring (bicyclic) bond motifs is 1. The number of non-ortho nitro benzene ring substituents is 1. The Labute approximate surface area is 137 Å². The molecule has 1 amide bonds. The van der Waals surface area contributed by atoms with E-state index in [4.69, 9.17) is 0 Å². The number of aromatic nitrogens is 2. The van der Waals surface area contributed by atoms with Crippen molar-refractivity contribution in [1.29, 1.82) is 0 Å². The molecule has 0 unspecified atom stereocenters. The zero-order valence-electron chi connectivity index (χ0n) is 12.9. The van der Waals surface area contributed by atoms with Gasteiger partial charge in [0.05, 0.1) is 16.0 Å². The number of amides is 1. The number of aryl methyl sites for hydroxylation is 1. The quantitative estimate of drug-likeness (QED) is 0.535. The SMILES string of the molecule is O=C(CCCc1nc2ccccc2[nH]1)Nc1cccc([N+](=O)[O-])c1. The normalized spacial score (nSPS) is 10.7. The van der Waals surface area contributed by atoms with E-state index < -0.39 is 4.92 Å². The van der Waals surface area contributed by atoms with E-state index in [0.717, 1.165) is 16.9 Å². The van der Waals surface area contributed by atoms with Gasteiger partial charge in [0, 0.05) is 30.7 Å². The van der Waals surface area contributed by atoms with Crippen LogP contribution in [0.15, 0.2) is 48.5 Å². The number of H-pyrrole nitrogens is 1. The largest absolute Gasteiger partial charge is 0.342 e. The Hall–Kier alpha value is -3.22. The van der Waals surface area contributed by atoms with E-state index in [1.54, 1.807) is 12.1 Å². The number of imidazole rings is 1. The van der Waals surface area contributed by atoms with Crippen molar-refractivity contribution >= 4 is 28.3 Å². The van der Waals surface area contributed by atoms with Crippen molar-refractivity contribution in [2.75, 3.05) is 5.32 Å². The van der Waals surface area contributed by atoms with Gasteiger partial charge >= 0.3 is 0 Å². The maximum absolute atomic E-state index is 11.9. The average Bonchev–Trinajstić information content (AvgIpc) is 2.97. The molecule has 0 saturated heterocycles. The van der Waals surface area contributed by atoms with Gasteiger partial charge in [-0.05, 0) is 24.6 Å². The van der Waals surface area contributed by atoms with E-state index in [1.807, 2.05) is 24.3 Å². The van der Waals surface area contributed by atoms with Crippen molar-refractivity contribution < 1.29 is 9.72 Å². The molecule has 0 aliphatic rings. The lowest BCUT2D eigenvalue weighted by Gasteiger charge is -2.04. The summed E-state index contributed by atoms with van der Waals surface area (Å²) >= 11 is 0. The Bertz CT molecular complexity index is 855. The van der Waals surface area contributed by atoms with Crippen molar-refractivity contribution in [1.82, 2.24) is 9.97 Å². The maximum Gasteiger partial charge on any atom is 0.271 e. The van der Waals surface area contributed by atoms with Gasteiger partial charge in [0.25, 0.3) is 5.69 Å². The first kappa shape index (κ1) is 15.7. The molecule has 2 N–H and O–H groups in total. The number of nitro groups is 1. The van der Waals surface area contributed by atoms with Crippen LogP contribution in [0.3, 0.4) is 0 Å². The standard InChI is InChI=1S/C17H16N4O3/c22-17(18-12-5-3-6-13(11-12)21(23)24)10-4-9-16-19-14-7-1-2-8-15(14)20-16/h1-3,5-8,11H,4,9-10H2,(H,18,22)(H,19,20). The molecule has 1 aromatic heterocycles. The van der Waals surface area contributed by atoms with Gasteiger partial charge in [0.2, 0.25) is 5.91 Å². The predicted molar refractivity (Wildman–Crippen MR) is 90.8 cm³/mol. The summed E-state index contributed by atoms with van der Waals surface area (Å²) in [6.45, 7) is 0. The Morgan fingerprint density at radius 3 is 2.83 bits per heavy atom. The number of para-hydroxylation sites is 2. The summed E-state index contributed by atoms with van der Waals surface area (Å²) in [5.74, 6) is 0.672. The minimum absolute atomic E-state index is 0.0462. The minimum Gasteiger partial charge on any atom is -0.342 e. The summed E-state index contributed by atoms with van der Waals surface area (Å²) in [6.07, 6.45) is 1.62. The van der Waals surface area contributed by atoms with Crippen molar-refractivity contribution in [3.05, 3.63) is 64.5 Å². The van der Waals surface area contributed by atoms with Crippen LogP contribution in [0.1, 0.15) is 18.7 Å². The first-order chi connectivity index (χ1) is 11.6. The summed E-state index contributed by atoms with van der Waals surface area (Å²) in [6, 6.07) is 13.7. The molecule has 0 bridgehead atoms. The lowest BCUT2D eigenvalue weighted by atomic mass is 10.2. The predicted octanol–water partition coefficient (Wildman–Crippen LogP) is 3.43. The van der Waals surface area contributed by atoms with Crippen LogP contribution in [0.2, 0.25) is 0 Å². The Balaban J connectivity index is 1.52. The molecule has 0 saturated carbocycles. The van der Waals surface area contributed by atoms with Gasteiger partial charge in [-0.15, -0.1) is 0 Å². The summed E-state index contributed by atoms with van der Waals surface area (Å²) in [4.78, 5) is 29.9. The summed E-state index contributed by atoms with van der Waals surface area (Å²) in [5.41, 5.74) is 2.27. The number of nitrogens with one attached hydrogen (secondary N) is 2. The van der Waals surface area contributed by atoms with Crippen LogP contribution in [0.25, 0.3) is 11.0 Å². The summed E-state index contributed by atoms with van der Waals surface area (Å²) < 4.78 is 0. The maximum atomic E-state index is 11.9. The third-order valence-corrected chi connectivity index (χ3v) is 3.60. The third kappa shape index (κ3) is 3.75. The molecule has 2 aromatic carbocycles. The molecule has 122 valence electrons. The van der Waals surface area contributed by atoms with Gasteiger partial charge in [-0.3, -0.25) is 14.9 Å². The van der Waals surface area contributed by atoms with Gasteiger partial charge in [0.1, 0.15) is 5.82 Å². The molecule has 0 spiro atoms. The van der Waals surface area contributed by atoms with Crippen LogP contribution in [0, 0.1) is 10.1 Å². The number of rotatable bonds is 6. The monoisotopic (exact) mass is 324 g/mol. The number of anilines is 1. The van der Waals surface area contributed by atoms with Crippen molar-refractivity contribution in [3.63, 3.8) is 0 Å². The number of carbonyl (C=O) groups excluding carboxylic acids is 1. The van der Waals surface area contributed by atoms with Crippen molar-refractivity contribution in [2.45, 2.75) is 19.3 Å². The summed E-state index contributed by atoms with van der Waals surface area (Å²) in [7, 11) is 0. The van der Waals surface area contributed by atoms with Crippen LogP contribution in [-0.2, 0) is 11.2 Å². The van der Waals surface area contributed by atoms with E-state index >= 15 is 0 Å². The lowest BCUT2D eigenvalue weighted by molar-refractivity contribution is -0.384. The smallest absolute Gasteiger partial charge is 0.271 e. The topological polar surface area (TPSA) is 101 Å². The molecule has 24 heavy (non-hydrogen) atoms. The number of benzene rings is 2. The average molecular weight is 324 g/mol. The Morgan fingerprint density at radius 1 is 1.21 bits per heavy atom. The first-order valence-corrected chi connectivity index (χ1v) is 7.60. The number of carbonyl (C=O) groups is 1. The first-order valence-electron chi connectivity index (χ1n) is 7.60. The highest BCUT2D eigenvalue weighted by atomic mass is 16.6. The molecule has 0 aliphatic heterocycles. The highest BCUT2D eigenvalue weighted by molar-refractivity contribution is 5.91. The second kappa shape index (κ2) is 6.91. The second-order valence-corrected chi connectivity index (χ2v) is 5.41. The molecule has 0 atom stereocenters. The molecular weight excluding hydrogens is 308 g/mol. The van der Waals surface area contributed by atoms with Crippen LogP contribution in [0.4, 0.5) is 11.4 Å². The van der Waals surface area contributed by atoms with E-state index in [0.29, 0.717) is 24.9 Å². The lowest BCUT2D eigenvalue weighted by Crippen LogP contribution is -2.11. The molecule has 3 rings (SSSR count). The number of nitro benzene ring substituents is 1. The second-order valence-electron chi connectivity index (χ2n) is 5.41. The minimum atomic E-state index is -0.489. The fourth-order valence-corrected chi connectivity index (χ4v) is 2.46. The highest BCUT2D eigenvalue weighted by Gasteiger charge is 2.09. The van der Waals surface area contributed by atoms with Gasteiger partial charge in [-0.2, -0.15) is 0 Å². The zero-order chi connectivity index (χ0) is 16.9. The van der Waals surface area contributed by atoms with E-state index in [-0.39, 0.29) is 11.6 Å². The van der Waals surface area contributed by atoms with Gasteiger partial charge < -0.3 is 10.3 Å². The molecular formula is C17H16N4O3. The Morgan fingerprint density at radius 2 is 2.04 bits per heavy atom. The number of hydrogen-bond donors (Lipinski definition) is 2. The van der Waals surface area contributed by atoms with E-state index in [9.17, 15) is 14.9 Å². The molecule has 0 aliphatic carbocycles. The fraction of sp³-hybridized carbons (Fsp3) is 0.176.